The Balaban J connectivity index is 1.88. The molecule has 2 amide bonds. The van der Waals surface area contributed by atoms with E-state index < -0.39 is 0 Å². The maximum atomic E-state index is 11.8. The zero-order valence-electron chi connectivity index (χ0n) is 12.6. The molecule has 5 nitrogen and oxygen atoms in total. The lowest BCUT2D eigenvalue weighted by Gasteiger charge is -2.28. The fourth-order valence-corrected chi connectivity index (χ4v) is 2.54. The highest BCUT2D eigenvalue weighted by atomic mass is 16.3. The Kier molecular flexibility index (Phi) is 5.87. The van der Waals surface area contributed by atoms with Gasteiger partial charge in [0.2, 0.25) is 0 Å². The number of nitrogens with one attached hydrogen (secondary N) is 2. The standard InChI is InChI=1S/C16H25N3O2/c1-2-13(12-20)17-16(21)18-14-6-8-15(9-7-14)19-10-4-3-5-11-19/h6-9,13,20H,2-5,10-12H2,1H3,(H2,17,18,21). The van der Waals surface area contributed by atoms with Crippen LogP contribution >= 0.6 is 0 Å². The lowest BCUT2D eigenvalue weighted by Crippen LogP contribution is -2.39. The number of urea groups is 1. The number of nitrogens with zero attached hydrogens (tertiary/aromatic N) is 1. The molecule has 1 fully saturated rings. The van der Waals surface area contributed by atoms with E-state index in [-0.39, 0.29) is 18.7 Å². The fraction of sp³-hybridized carbons (Fsp3) is 0.562. The number of aliphatic hydroxyl groups excluding tert-OH is 1. The molecular weight excluding hydrogens is 266 g/mol. The molecule has 1 aliphatic rings. The van der Waals surface area contributed by atoms with Gasteiger partial charge in [-0.05, 0) is 49.9 Å². The summed E-state index contributed by atoms with van der Waals surface area (Å²) in [5.74, 6) is 0. The average molecular weight is 291 g/mol. The summed E-state index contributed by atoms with van der Waals surface area (Å²) in [6, 6.07) is 7.46. The van der Waals surface area contributed by atoms with E-state index in [4.69, 9.17) is 5.11 Å². The molecule has 1 heterocycles. The second-order valence-electron chi connectivity index (χ2n) is 5.48. The second kappa shape index (κ2) is 7.88. The number of hydrogen-bond donors (Lipinski definition) is 3. The Morgan fingerprint density at radius 2 is 1.90 bits per heavy atom. The Morgan fingerprint density at radius 3 is 2.48 bits per heavy atom. The first-order chi connectivity index (χ1) is 10.2. The first kappa shape index (κ1) is 15.6. The molecule has 1 unspecified atom stereocenters. The largest absolute Gasteiger partial charge is 0.394 e. The number of piperidine rings is 1. The van der Waals surface area contributed by atoms with Gasteiger partial charge in [-0.1, -0.05) is 6.92 Å². The lowest BCUT2D eigenvalue weighted by molar-refractivity contribution is 0.222. The molecule has 2 rings (SSSR count). The maximum absolute atomic E-state index is 11.8. The zero-order valence-corrected chi connectivity index (χ0v) is 12.6. The number of benzene rings is 1. The van der Waals surface area contributed by atoms with Gasteiger partial charge in [0.25, 0.3) is 0 Å². The van der Waals surface area contributed by atoms with Gasteiger partial charge in [-0.2, -0.15) is 0 Å². The van der Waals surface area contributed by atoms with Gasteiger partial charge >= 0.3 is 6.03 Å². The van der Waals surface area contributed by atoms with Gasteiger partial charge in [-0.3, -0.25) is 0 Å². The summed E-state index contributed by atoms with van der Waals surface area (Å²) in [5, 5.41) is 14.6. The van der Waals surface area contributed by atoms with E-state index in [0.29, 0.717) is 6.42 Å². The third-order valence-corrected chi connectivity index (χ3v) is 3.89. The van der Waals surface area contributed by atoms with Crippen LogP contribution in [0.25, 0.3) is 0 Å². The van der Waals surface area contributed by atoms with E-state index in [0.717, 1.165) is 18.8 Å². The van der Waals surface area contributed by atoms with Crippen molar-refractivity contribution in [2.45, 2.75) is 38.6 Å². The molecular formula is C16H25N3O2. The highest BCUT2D eigenvalue weighted by molar-refractivity contribution is 5.89. The Hall–Kier alpha value is -1.75. The molecule has 3 N–H and O–H groups in total. The molecule has 0 bridgehead atoms. The van der Waals surface area contributed by atoms with E-state index >= 15 is 0 Å². The first-order valence-corrected chi connectivity index (χ1v) is 7.76. The molecule has 21 heavy (non-hydrogen) atoms. The molecule has 5 heteroatoms. The number of anilines is 2. The summed E-state index contributed by atoms with van der Waals surface area (Å²) >= 11 is 0. The van der Waals surface area contributed by atoms with Crippen LogP contribution in [0.5, 0.6) is 0 Å². The molecule has 0 saturated carbocycles. The van der Waals surface area contributed by atoms with Crippen LogP contribution < -0.4 is 15.5 Å². The first-order valence-electron chi connectivity index (χ1n) is 7.76. The van der Waals surface area contributed by atoms with Gasteiger partial charge in [0, 0.05) is 24.5 Å². The Labute approximate surface area is 126 Å². The van der Waals surface area contributed by atoms with Gasteiger partial charge < -0.3 is 20.6 Å². The van der Waals surface area contributed by atoms with Crippen molar-refractivity contribution in [2.24, 2.45) is 0 Å². The van der Waals surface area contributed by atoms with E-state index in [2.05, 4.69) is 15.5 Å². The molecule has 116 valence electrons. The predicted molar refractivity (Wildman–Crippen MR) is 85.8 cm³/mol. The molecule has 1 aromatic carbocycles. The molecule has 0 radical (unpaired) electrons. The van der Waals surface area contributed by atoms with Gasteiger partial charge in [0.1, 0.15) is 0 Å². The number of hydrogen-bond acceptors (Lipinski definition) is 3. The smallest absolute Gasteiger partial charge is 0.319 e. The van der Waals surface area contributed by atoms with Crippen LogP contribution in [-0.2, 0) is 0 Å². The van der Waals surface area contributed by atoms with E-state index in [9.17, 15) is 4.79 Å². The molecule has 1 aliphatic heterocycles. The van der Waals surface area contributed by atoms with Gasteiger partial charge in [-0.25, -0.2) is 4.79 Å². The molecule has 0 aliphatic carbocycles. The van der Waals surface area contributed by atoms with Crippen molar-refractivity contribution < 1.29 is 9.90 Å². The number of aliphatic hydroxyl groups is 1. The highest BCUT2D eigenvalue weighted by Crippen LogP contribution is 2.21. The van der Waals surface area contributed by atoms with E-state index in [1.807, 2.05) is 31.2 Å². The van der Waals surface area contributed by atoms with Crippen LogP contribution in [0.15, 0.2) is 24.3 Å². The minimum Gasteiger partial charge on any atom is -0.394 e. The number of carbonyl (C=O) groups excluding carboxylic acids is 1. The van der Waals surface area contributed by atoms with Gasteiger partial charge in [0.05, 0.1) is 12.6 Å². The molecule has 1 atom stereocenters. The van der Waals surface area contributed by atoms with Crippen LogP contribution in [0, 0.1) is 0 Å². The third kappa shape index (κ3) is 4.63. The summed E-state index contributed by atoms with van der Waals surface area (Å²) in [4.78, 5) is 14.2. The summed E-state index contributed by atoms with van der Waals surface area (Å²) in [6.07, 6.45) is 4.53. The number of carbonyl (C=O) groups is 1. The Morgan fingerprint density at radius 1 is 1.24 bits per heavy atom. The summed E-state index contributed by atoms with van der Waals surface area (Å²) < 4.78 is 0. The van der Waals surface area contributed by atoms with Crippen LogP contribution in [0.1, 0.15) is 32.6 Å². The number of rotatable bonds is 5. The van der Waals surface area contributed by atoms with Crippen molar-refractivity contribution in [2.75, 3.05) is 29.9 Å². The van der Waals surface area contributed by atoms with Crippen LogP contribution in [0.2, 0.25) is 0 Å². The Bertz CT molecular complexity index is 437. The highest BCUT2D eigenvalue weighted by Gasteiger charge is 2.12. The molecule has 0 spiro atoms. The topological polar surface area (TPSA) is 64.6 Å². The van der Waals surface area contributed by atoms with E-state index in [1.165, 1.54) is 24.9 Å². The second-order valence-corrected chi connectivity index (χ2v) is 5.48. The molecule has 1 aromatic rings. The van der Waals surface area contributed by atoms with E-state index in [1.54, 1.807) is 0 Å². The van der Waals surface area contributed by atoms with Gasteiger partial charge in [-0.15, -0.1) is 0 Å². The summed E-state index contributed by atoms with van der Waals surface area (Å²) in [5.41, 5.74) is 1.98. The van der Waals surface area contributed by atoms with Crippen LogP contribution in [0.3, 0.4) is 0 Å². The maximum Gasteiger partial charge on any atom is 0.319 e. The normalized spacial score (nSPS) is 16.4. The quantitative estimate of drug-likeness (QED) is 0.781. The van der Waals surface area contributed by atoms with Crippen molar-refractivity contribution in [3.8, 4) is 0 Å². The van der Waals surface area contributed by atoms with Crippen molar-refractivity contribution in [3.63, 3.8) is 0 Å². The van der Waals surface area contributed by atoms with Crippen molar-refractivity contribution >= 4 is 17.4 Å². The lowest BCUT2D eigenvalue weighted by atomic mass is 10.1. The van der Waals surface area contributed by atoms with Crippen molar-refractivity contribution in [3.05, 3.63) is 24.3 Å². The average Bonchev–Trinajstić information content (AvgIpc) is 2.54. The van der Waals surface area contributed by atoms with Gasteiger partial charge in [0.15, 0.2) is 0 Å². The fourth-order valence-electron chi connectivity index (χ4n) is 2.54. The van der Waals surface area contributed by atoms with Crippen molar-refractivity contribution in [1.82, 2.24) is 5.32 Å². The summed E-state index contributed by atoms with van der Waals surface area (Å²) in [7, 11) is 0. The third-order valence-electron chi connectivity index (χ3n) is 3.89. The SMILES string of the molecule is CCC(CO)NC(=O)Nc1ccc(N2CCCCC2)cc1. The van der Waals surface area contributed by atoms with Crippen LogP contribution in [-0.4, -0.2) is 36.9 Å². The summed E-state index contributed by atoms with van der Waals surface area (Å²) in [6.45, 7) is 4.11. The van der Waals surface area contributed by atoms with Crippen LogP contribution in [0.4, 0.5) is 16.2 Å². The minimum atomic E-state index is -0.276. The zero-order chi connectivity index (χ0) is 15.1. The number of amides is 2. The predicted octanol–water partition coefficient (Wildman–Crippen LogP) is 2.57. The van der Waals surface area contributed by atoms with Crippen molar-refractivity contribution in [1.29, 1.82) is 0 Å². The molecule has 0 aromatic heterocycles. The molecule has 1 saturated heterocycles. The monoisotopic (exact) mass is 291 g/mol. The minimum absolute atomic E-state index is 0.0438.